The van der Waals surface area contributed by atoms with Crippen LogP contribution in [0.1, 0.15) is 102 Å². The van der Waals surface area contributed by atoms with Gasteiger partial charge in [0.2, 0.25) is 0 Å². The first-order valence-electron chi connectivity index (χ1n) is 13.6. The van der Waals surface area contributed by atoms with E-state index >= 15 is 0 Å². The van der Waals surface area contributed by atoms with Crippen molar-refractivity contribution in [1.29, 1.82) is 0 Å². The van der Waals surface area contributed by atoms with Crippen LogP contribution in [0.5, 0.6) is 0 Å². The van der Waals surface area contributed by atoms with E-state index in [1.807, 2.05) is 0 Å². The fraction of sp³-hybridized carbons (Fsp3) is 1.00. The first-order chi connectivity index (χ1) is 14.8. The van der Waals surface area contributed by atoms with Gasteiger partial charge in [0.1, 0.15) is 0 Å². The molecule has 0 bridgehead atoms. The Morgan fingerprint density at radius 1 is 0.514 bits per heavy atom. The summed E-state index contributed by atoms with van der Waals surface area (Å²) in [6.07, 6.45) is 10.3. The van der Waals surface area contributed by atoms with Crippen molar-refractivity contribution in [3.63, 3.8) is 0 Å². The van der Waals surface area contributed by atoms with Crippen molar-refractivity contribution in [3.05, 3.63) is 0 Å². The normalized spacial score (nSPS) is 16.1. The van der Waals surface area contributed by atoms with Crippen molar-refractivity contribution >= 4 is 42.3 Å². The SMILES string of the molecule is C.C.C.C.CCC[Si](C)(O[Si](C)(C)C)O[Si](C)(C)O[Si](C)(CCCCCCCC(C)CC)O[Si](C)(C)C. The molecule has 0 aliphatic carbocycles. The molecule has 232 valence electrons. The van der Waals surface area contributed by atoms with Crippen molar-refractivity contribution in [2.45, 2.75) is 179 Å². The molecule has 3 unspecified atom stereocenters. The molecule has 0 aliphatic rings. The van der Waals surface area contributed by atoms with Gasteiger partial charge in [-0.25, -0.2) is 0 Å². The third-order valence-electron chi connectivity index (χ3n) is 5.70. The minimum absolute atomic E-state index is 0. The molecular formula is C28H76O4Si5. The molecule has 0 rings (SSSR count). The average Bonchev–Trinajstić information content (AvgIpc) is 2.55. The Labute approximate surface area is 243 Å². The highest BCUT2D eigenvalue weighted by atomic mass is 28.5. The second kappa shape index (κ2) is 20.7. The molecule has 0 radical (unpaired) electrons. The standard InChI is InChI=1S/C24H60O4Si5.4CH4/c1-14-22-32(12,25-29(4,5)6)27-31(10,11)28-33(13,26-30(7,8)9)23-20-18-16-17-19-21-24(3)15-2;;;;/h24H,14-23H2,1-13H3;4*1H4. The molecular weight excluding hydrogens is 541 g/mol. The lowest BCUT2D eigenvalue weighted by atomic mass is 10.0. The summed E-state index contributed by atoms with van der Waals surface area (Å²) < 4.78 is 27.3. The van der Waals surface area contributed by atoms with Gasteiger partial charge >= 0.3 is 25.7 Å². The van der Waals surface area contributed by atoms with Gasteiger partial charge in [-0.3, -0.25) is 0 Å². The van der Waals surface area contributed by atoms with E-state index in [0.29, 0.717) is 0 Å². The smallest absolute Gasteiger partial charge is 0.315 e. The maximum absolute atomic E-state index is 6.97. The van der Waals surface area contributed by atoms with Crippen LogP contribution in [0, 0.1) is 5.92 Å². The Morgan fingerprint density at radius 2 is 0.892 bits per heavy atom. The molecule has 0 aromatic heterocycles. The van der Waals surface area contributed by atoms with E-state index in [1.165, 1.54) is 44.9 Å². The fourth-order valence-electron chi connectivity index (χ4n) is 4.73. The van der Waals surface area contributed by atoms with Crippen LogP contribution in [-0.4, -0.2) is 42.3 Å². The highest BCUT2D eigenvalue weighted by Crippen LogP contribution is 2.31. The maximum Gasteiger partial charge on any atom is 0.315 e. The van der Waals surface area contributed by atoms with E-state index in [0.717, 1.165) is 24.4 Å². The summed E-state index contributed by atoms with van der Waals surface area (Å²) in [5.74, 6) is 0.873. The molecule has 3 atom stereocenters. The van der Waals surface area contributed by atoms with Crippen LogP contribution in [-0.2, 0) is 16.5 Å². The summed E-state index contributed by atoms with van der Waals surface area (Å²) in [7, 11) is -10.4. The van der Waals surface area contributed by atoms with Crippen molar-refractivity contribution in [3.8, 4) is 0 Å². The molecule has 0 aliphatic heterocycles. The summed E-state index contributed by atoms with van der Waals surface area (Å²) >= 11 is 0. The minimum atomic E-state index is -2.39. The zero-order chi connectivity index (χ0) is 26.0. The minimum Gasteiger partial charge on any atom is -0.437 e. The number of unbranched alkanes of at least 4 members (excludes halogenated alkanes) is 4. The Kier molecular flexibility index (Phi) is 26.7. The fourth-order valence-corrected chi connectivity index (χ4v) is 28.5. The molecule has 0 amide bonds. The van der Waals surface area contributed by atoms with Crippen LogP contribution in [0.25, 0.3) is 0 Å². The highest BCUT2D eigenvalue weighted by molar-refractivity contribution is 6.90. The molecule has 0 aromatic rings. The third-order valence-corrected chi connectivity index (χ3v) is 24.1. The Bertz CT molecular complexity index is 538. The van der Waals surface area contributed by atoms with Crippen molar-refractivity contribution in [2.24, 2.45) is 5.92 Å². The second-order valence-corrected chi connectivity index (χ2v) is 32.9. The van der Waals surface area contributed by atoms with Gasteiger partial charge < -0.3 is 16.5 Å². The van der Waals surface area contributed by atoms with Crippen LogP contribution < -0.4 is 0 Å². The van der Waals surface area contributed by atoms with Crippen LogP contribution >= 0.6 is 0 Å². The molecule has 0 saturated carbocycles. The molecule has 37 heavy (non-hydrogen) atoms. The lowest BCUT2D eigenvalue weighted by Crippen LogP contribution is -2.59. The van der Waals surface area contributed by atoms with Gasteiger partial charge in [0.15, 0.2) is 16.6 Å². The Morgan fingerprint density at radius 3 is 1.27 bits per heavy atom. The number of hydrogen-bond acceptors (Lipinski definition) is 4. The Hall–Kier alpha value is 0.924. The van der Waals surface area contributed by atoms with E-state index in [9.17, 15) is 0 Å². The molecule has 0 fully saturated rings. The largest absolute Gasteiger partial charge is 0.437 e. The predicted molar refractivity (Wildman–Crippen MR) is 186 cm³/mol. The van der Waals surface area contributed by atoms with E-state index < -0.39 is 42.3 Å². The van der Waals surface area contributed by atoms with Crippen LogP contribution in [0.3, 0.4) is 0 Å². The molecule has 9 heteroatoms. The topological polar surface area (TPSA) is 36.9 Å². The van der Waals surface area contributed by atoms with Gasteiger partial charge in [0.05, 0.1) is 0 Å². The summed E-state index contributed by atoms with van der Waals surface area (Å²) in [6, 6.07) is 2.10. The quantitative estimate of drug-likeness (QED) is 0.107. The van der Waals surface area contributed by atoms with Gasteiger partial charge in [-0.1, -0.05) is 102 Å². The van der Waals surface area contributed by atoms with Crippen molar-refractivity contribution in [2.75, 3.05) is 0 Å². The monoisotopic (exact) mass is 616 g/mol. The molecule has 0 spiro atoms. The second-order valence-electron chi connectivity index (χ2n) is 12.9. The van der Waals surface area contributed by atoms with E-state index in [-0.39, 0.29) is 29.7 Å². The van der Waals surface area contributed by atoms with Crippen molar-refractivity contribution in [1.82, 2.24) is 0 Å². The summed E-state index contributed by atoms with van der Waals surface area (Å²) in [6.45, 7) is 29.6. The summed E-state index contributed by atoms with van der Waals surface area (Å²) in [4.78, 5) is 0. The maximum atomic E-state index is 6.97. The first kappa shape index (κ1) is 47.7. The zero-order valence-corrected chi connectivity index (χ0v) is 29.8. The molecule has 0 saturated heterocycles. The van der Waals surface area contributed by atoms with Crippen molar-refractivity contribution < 1.29 is 16.5 Å². The van der Waals surface area contributed by atoms with Gasteiger partial charge in [-0.05, 0) is 83.5 Å². The van der Waals surface area contributed by atoms with E-state index in [1.54, 1.807) is 0 Å². The van der Waals surface area contributed by atoms with Gasteiger partial charge in [0.25, 0.3) is 0 Å². The number of rotatable bonds is 19. The zero-order valence-electron chi connectivity index (χ0n) is 24.8. The first-order valence-corrected chi connectivity index (χ1v) is 28.3. The Balaban J connectivity index is -0.000000853. The average molecular weight is 617 g/mol. The number of hydrogen-bond donors (Lipinski definition) is 0. The van der Waals surface area contributed by atoms with E-state index in [4.69, 9.17) is 16.5 Å². The van der Waals surface area contributed by atoms with Gasteiger partial charge in [-0.15, -0.1) is 0 Å². The van der Waals surface area contributed by atoms with Crippen LogP contribution in [0.15, 0.2) is 0 Å². The third kappa shape index (κ3) is 25.6. The summed E-state index contributed by atoms with van der Waals surface area (Å²) in [5.41, 5.74) is 0. The molecule has 0 aromatic carbocycles. The molecule has 0 N–H and O–H groups in total. The predicted octanol–water partition coefficient (Wildman–Crippen LogP) is 11.9. The van der Waals surface area contributed by atoms with Gasteiger partial charge in [0, 0.05) is 0 Å². The molecule has 0 heterocycles. The molecule has 4 nitrogen and oxygen atoms in total. The van der Waals surface area contributed by atoms with Crippen LogP contribution in [0.2, 0.25) is 77.6 Å². The van der Waals surface area contributed by atoms with Crippen LogP contribution in [0.4, 0.5) is 0 Å². The summed E-state index contributed by atoms with van der Waals surface area (Å²) in [5, 5.41) is 0. The van der Waals surface area contributed by atoms with Gasteiger partial charge in [-0.2, -0.15) is 0 Å². The lowest BCUT2D eigenvalue weighted by molar-refractivity contribution is 0.289. The lowest BCUT2D eigenvalue weighted by Gasteiger charge is -2.43. The highest BCUT2D eigenvalue weighted by Gasteiger charge is 2.47. The van der Waals surface area contributed by atoms with E-state index in [2.05, 4.69) is 86.2 Å².